The Morgan fingerprint density at radius 3 is 2.88 bits per heavy atom. The summed E-state index contributed by atoms with van der Waals surface area (Å²) in [5, 5.41) is 9.93. The maximum atomic E-state index is 13.8. The summed E-state index contributed by atoms with van der Waals surface area (Å²) in [6, 6.07) is 4.85. The van der Waals surface area contributed by atoms with Crippen molar-refractivity contribution in [1.29, 1.82) is 0 Å². The van der Waals surface area contributed by atoms with Crippen molar-refractivity contribution in [2.75, 3.05) is 6.61 Å². The molecule has 1 aromatic carbocycles. The van der Waals surface area contributed by atoms with Crippen LogP contribution in [0.2, 0.25) is 0 Å². The number of aliphatic hydroxyl groups is 1. The summed E-state index contributed by atoms with van der Waals surface area (Å²) in [5.41, 5.74) is 0.661. The molecule has 1 heterocycles. The van der Waals surface area contributed by atoms with Crippen LogP contribution >= 0.6 is 11.8 Å². The second-order valence-corrected chi connectivity index (χ2v) is 5.60. The van der Waals surface area contributed by atoms with E-state index in [1.54, 1.807) is 19.1 Å². The average molecular weight is 256 g/mol. The lowest BCUT2D eigenvalue weighted by atomic mass is 10.1. The number of thioether (sulfide) groups is 1. The van der Waals surface area contributed by atoms with Crippen LogP contribution in [-0.2, 0) is 4.74 Å². The van der Waals surface area contributed by atoms with E-state index in [-0.39, 0.29) is 17.2 Å². The third kappa shape index (κ3) is 2.81. The first-order valence-electron chi connectivity index (χ1n) is 5.84. The summed E-state index contributed by atoms with van der Waals surface area (Å²) < 4.78 is 19.3. The zero-order chi connectivity index (χ0) is 12.4. The predicted molar refractivity (Wildman–Crippen MR) is 66.7 cm³/mol. The number of aliphatic hydroxyl groups excluding tert-OH is 1. The Bertz CT molecular complexity index is 395. The minimum absolute atomic E-state index is 0.140. The number of halogens is 1. The summed E-state index contributed by atoms with van der Waals surface area (Å²) >= 11 is 1.48. The fraction of sp³-hybridized carbons (Fsp3) is 0.538. The lowest BCUT2D eigenvalue weighted by Gasteiger charge is -2.18. The molecule has 1 aromatic rings. The Kier molecular flexibility index (Phi) is 4.07. The van der Waals surface area contributed by atoms with Crippen LogP contribution in [-0.4, -0.2) is 23.1 Å². The maximum Gasteiger partial charge on any atom is 0.137 e. The number of benzene rings is 1. The Hall–Kier alpha value is -0.580. The van der Waals surface area contributed by atoms with Crippen LogP contribution in [0.4, 0.5) is 4.39 Å². The van der Waals surface area contributed by atoms with Crippen LogP contribution in [0, 0.1) is 5.82 Å². The van der Waals surface area contributed by atoms with Crippen LogP contribution in [0.1, 0.15) is 31.9 Å². The van der Waals surface area contributed by atoms with Crippen molar-refractivity contribution in [3.63, 3.8) is 0 Å². The van der Waals surface area contributed by atoms with Gasteiger partial charge in [-0.15, -0.1) is 11.8 Å². The topological polar surface area (TPSA) is 29.5 Å². The van der Waals surface area contributed by atoms with E-state index in [1.807, 2.05) is 6.92 Å². The minimum Gasteiger partial charge on any atom is -0.389 e. The summed E-state index contributed by atoms with van der Waals surface area (Å²) in [6.45, 7) is 4.40. The molecular formula is C13H17FO2S. The van der Waals surface area contributed by atoms with Crippen molar-refractivity contribution < 1.29 is 14.2 Å². The fourth-order valence-corrected chi connectivity index (χ4v) is 3.34. The van der Waals surface area contributed by atoms with E-state index in [0.29, 0.717) is 10.5 Å². The molecule has 0 saturated carbocycles. The van der Waals surface area contributed by atoms with Crippen LogP contribution in [0.5, 0.6) is 0 Å². The number of rotatable bonds is 3. The van der Waals surface area contributed by atoms with Gasteiger partial charge in [-0.25, -0.2) is 4.39 Å². The Balaban J connectivity index is 2.24. The quantitative estimate of drug-likeness (QED) is 0.901. The molecule has 94 valence electrons. The van der Waals surface area contributed by atoms with E-state index in [1.165, 1.54) is 17.8 Å². The SMILES string of the molecule is CC(O)c1cccc(F)c1SC1CCOC1C. The Morgan fingerprint density at radius 2 is 2.29 bits per heavy atom. The van der Waals surface area contributed by atoms with E-state index in [2.05, 4.69) is 0 Å². The zero-order valence-corrected chi connectivity index (χ0v) is 10.8. The van der Waals surface area contributed by atoms with Gasteiger partial charge in [0.1, 0.15) is 5.82 Å². The van der Waals surface area contributed by atoms with Crippen molar-refractivity contribution in [2.45, 2.75) is 42.6 Å². The van der Waals surface area contributed by atoms with Crippen molar-refractivity contribution in [1.82, 2.24) is 0 Å². The molecule has 0 radical (unpaired) electrons. The van der Waals surface area contributed by atoms with E-state index in [4.69, 9.17) is 4.74 Å². The zero-order valence-electron chi connectivity index (χ0n) is 10.0. The first-order valence-corrected chi connectivity index (χ1v) is 6.72. The van der Waals surface area contributed by atoms with Crippen molar-refractivity contribution in [3.8, 4) is 0 Å². The fourth-order valence-electron chi connectivity index (χ4n) is 2.00. The Morgan fingerprint density at radius 1 is 1.53 bits per heavy atom. The second-order valence-electron chi connectivity index (χ2n) is 4.36. The molecule has 1 aliphatic heterocycles. The summed E-state index contributed by atoms with van der Waals surface area (Å²) in [4.78, 5) is 0.560. The molecule has 3 atom stereocenters. The summed E-state index contributed by atoms with van der Waals surface area (Å²) in [5.74, 6) is -0.257. The van der Waals surface area contributed by atoms with Gasteiger partial charge in [0.15, 0.2) is 0 Å². The monoisotopic (exact) mass is 256 g/mol. The van der Waals surface area contributed by atoms with E-state index in [0.717, 1.165) is 13.0 Å². The first-order chi connectivity index (χ1) is 8.09. The highest BCUT2D eigenvalue weighted by atomic mass is 32.2. The lowest BCUT2D eigenvalue weighted by Crippen LogP contribution is -2.14. The molecule has 0 aliphatic carbocycles. The molecule has 3 unspecified atom stereocenters. The van der Waals surface area contributed by atoms with Crippen molar-refractivity contribution in [3.05, 3.63) is 29.6 Å². The largest absolute Gasteiger partial charge is 0.389 e. The average Bonchev–Trinajstić information content (AvgIpc) is 2.67. The number of hydrogen-bond acceptors (Lipinski definition) is 3. The van der Waals surface area contributed by atoms with Gasteiger partial charge in [0.05, 0.1) is 12.2 Å². The van der Waals surface area contributed by atoms with Crippen LogP contribution in [0.25, 0.3) is 0 Å². The second kappa shape index (κ2) is 5.38. The van der Waals surface area contributed by atoms with Gasteiger partial charge < -0.3 is 9.84 Å². The van der Waals surface area contributed by atoms with Gasteiger partial charge >= 0.3 is 0 Å². The summed E-state index contributed by atoms with van der Waals surface area (Å²) in [7, 11) is 0. The molecule has 2 rings (SSSR count). The molecule has 0 aromatic heterocycles. The van der Waals surface area contributed by atoms with Gasteiger partial charge in [0, 0.05) is 16.8 Å². The normalized spacial score (nSPS) is 26.1. The number of hydrogen-bond donors (Lipinski definition) is 1. The lowest BCUT2D eigenvalue weighted by molar-refractivity contribution is 0.127. The predicted octanol–water partition coefficient (Wildman–Crippen LogP) is 3.15. The highest BCUT2D eigenvalue weighted by Gasteiger charge is 2.27. The van der Waals surface area contributed by atoms with Crippen molar-refractivity contribution >= 4 is 11.8 Å². The van der Waals surface area contributed by atoms with Crippen LogP contribution in [0.3, 0.4) is 0 Å². The van der Waals surface area contributed by atoms with Crippen LogP contribution < -0.4 is 0 Å². The smallest absolute Gasteiger partial charge is 0.137 e. The molecule has 1 saturated heterocycles. The Labute approximate surface area is 105 Å². The van der Waals surface area contributed by atoms with Gasteiger partial charge in [0.2, 0.25) is 0 Å². The molecule has 1 fully saturated rings. The minimum atomic E-state index is -0.647. The van der Waals surface area contributed by atoms with E-state index in [9.17, 15) is 9.50 Å². The highest BCUT2D eigenvalue weighted by Crippen LogP contribution is 2.37. The highest BCUT2D eigenvalue weighted by molar-refractivity contribution is 8.00. The molecule has 1 aliphatic rings. The van der Waals surface area contributed by atoms with Crippen LogP contribution in [0.15, 0.2) is 23.1 Å². The molecule has 4 heteroatoms. The third-order valence-electron chi connectivity index (χ3n) is 3.02. The van der Waals surface area contributed by atoms with Crippen molar-refractivity contribution in [2.24, 2.45) is 0 Å². The molecule has 1 N–H and O–H groups in total. The maximum absolute atomic E-state index is 13.8. The molecule has 2 nitrogen and oxygen atoms in total. The summed E-state index contributed by atoms with van der Waals surface area (Å²) in [6.07, 6.45) is 0.423. The van der Waals surface area contributed by atoms with Gasteiger partial charge in [-0.05, 0) is 31.9 Å². The van der Waals surface area contributed by atoms with Gasteiger partial charge in [0.25, 0.3) is 0 Å². The number of ether oxygens (including phenoxy) is 1. The van der Waals surface area contributed by atoms with Gasteiger partial charge in [-0.1, -0.05) is 12.1 Å². The molecule has 0 spiro atoms. The van der Waals surface area contributed by atoms with Gasteiger partial charge in [-0.3, -0.25) is 0 Å². The molecule has 0 amide bonds. The molecule has 0 bridgehead atoms. The molecular weight excluding hydrogens is 239 g/mol. The third-order valence-corrected chi connectivity index (χ3v) is 4.61. The molecule has 17 heavy (non-hydrogen) atoms. The van der Waals surface area contributed by atoms with Gasteiger partial charge in [-0.2, -0.15) is 0 Å². The van der Waals surface area contributed by atoms with E-state index < -0.39 is 6.10 Å². The first kappa shape index (κ1) is 12.9. The van der Waals surface area contributed by atoms with E-state index >= 15 is 0 Å². The standard InChI is InChI=1S/C13H17FO2S/c1-8(15)10-4-3-5-11(14)13(10)17-12-6-7-16-9(12)2/h3-5,8-9,12,15H,6-7H2,1-2H3.